The highest BCUT2D eigenvalue weighted by Crippen LogP contribution is 2.26. The summed E-state index contributed by atoms with van der Waals surface area (Å²) in [4.78, 5) is 16.0. The summed E-state index contributed by atoms with van der Waals surface area (Å²) in [5, 5.41) is 3.13. The van der Waals surface area contributed by atoms with E-state index in [1.54, 1.807) is 13.2 Å². The Balaban J connectivity index is 2.26. The smallest absolute Gasteiger partial charge is 0.255 e. The molecular formula is C14H12BrClN2O2. The second-order valence-corrected chi connectivity index (χ2v) is 5.26. The van der Waals surface area contributed by atoms with Crippen LogP contribution in [0.25, 0.3) is 0 Å². The quantitative estimate of drug-likeness (QED) is 0.846. The zero-order chi connectivity index (χ0) is 14.5. The first kappa shape index (κ1) is 15.0. The lowest BCUT2D eigenvalue weighted by Gasteiger charge is -2.12. The number of anilines is 1. The Kier molecular flexibility index (Phi) is 5.11. The molecule has 1 aromatic heterocycles. The predicted octanol–water partition coefficient (Wildman–Crippen LogP) is 3.90. The molecule has 104 valence electrons. The molecule has 20 heavy (non-hydrogen) atoms. The fraction of sp³-hybridized carbons (Fsp3) is 0.143. The summed E-state index contributed by atoms with van der Waals surface area (Å²) in [7, 11) is 1.60. The average molecular weight is 356 g/mol. The molecule has 0 radical (unpaired) electrons. The molecule has 0 aliphatic rings. The number of carbonyl (C=O) groups excluding carboxylic acids is 1. The lowest BCUT2D eigenvalue weighted by molar-refractivity contribution is 0.102. The molecule has 0 unspecified atom stereocenters. The van der Waals surface area contributed by atoms with Crippen molar-refractivity contribution < 1.29 is 9.53 Å². The number of aromatic nitrogens is 1. The van der Waals surface area contributed by atoms with Crippen molar-refractivity contribution in [3.8, 4) is 0 Å². The molecule has 1 amide bonds. The lowest BCUT2D eigenvalue weighted by Crippen LogP contribution is -2.14. The summed E-state index contributed by atoms with van der Waals surface area (Å²) >= 11 is 9.22. The zero-order valence-corrected chi connectivity index (χ0v) is 13.0. The van der Waals surface area contributed by atoms with Gasteiger partial charge in [-0.3, -0.25) is 4.79 Å². The average Bonchev–Trinajstić information content (AvgIpc) is 2.42. The molecule has 0 saturated heterocycles. The molecule has 6 heteroatoms. The van der Waals surface area contributed by atoms with Gasteiger partial charge in [0.05, 0.1) is 6.61 Å². The summed E-state index contributed by atoms with van der Waals surface area (Å²) in [6.45, 7) is 0.397. The maximum Gasteiger partial charge on any atom is 0.255 e. The number of nitrogens with one attached hydrogen (secondary N) is 1. The minimum atomic E-state index is -0.246. The second kappa shape index (κ2) is 6.83. The van der Waals surface area contributed by atoms with Crippen molar-refractivity contribution in [2.75, 3.05) is 12.4 Å². The molecule has 0 spiro atoms. The van der Waals surface area contributed by atoms with Crippen LogP contribution in [0.3, 0.4) is 0 Å². The van der Waals surface area contributed by atoms with Gasteiger partial charge in [0.2, 0.25) is 0 Å². The Hall–Kier alpha value is -1.43. The van der Waals surface area contributed by atoms with Crippen molar-refractivity contribution in [3.63, 3.8) is 0 Å². The maximum atomic E-state index is 12.2. The number of rotatable bonds is 4. The molecule has 0 bridgehead atoms. The van der Waals surface area contributed by atoms with E-state index in [-0.39, 0.29) is 11.1 Å². The van der Waals surface area contributed by atoms with Crippen LogP contribution in [-0.4, -0.2) is 18.0 Å². The third kappa shape index (κ3) is 3.56. The molecule has 1 N–H and O–H groups in total. The number of halogens is 2. The summed E-state index contributed by atoms with van der Waals surface area (Å²) < 4.78 is 6.02. The molecular weight excluding hydrogens is 344 g/mol. The van der Waals surface area contributed by atoms with Gasteiger partial charge in [0.15, 0.2) is 0 Å². The van der Waals surface area contributed by atoms with Gasteiger partial charge in [0.1, 0.15) is 5.15 Å². The van der Waals surface area contributed by atoms with Crippen molar-refractivity contribution in [3.05, 3.63) is 57.3 Å². The SMILES string of the molecule is COCc1c(Br)cccc1NC(=O)c1ccnc(Cl)c1. The Morgan fingerprint density at radius 3 is 2.95 bits per heavy atom. The fourth-order valence-corrected chi connectivity index (χ4v) is 2.36. The van der Waals surface area contributed by atoms with Gasteiger partial charge in [0, 0.05) is 34.6 Å². The van der Waals surface area contributed by atoms with Gasteiger partial charge in [-0.15, -0.1) is 0 Å². The number of carbonyl (C=O) groups is 1. The number of hydrogen-bond donors (Lipinski definition) is 1. The van der Waals surface area contributed by atoms with E-state index in [0.29, 0.717) is 17.9 Å². The number of amides is 1. The molecule has 0 atom stereocenters. The highest BCUT2D eigenvalue weighted by Gasteiger charge is 2.11. The summed E-state index contributed by atoms with van der Waals surface area (Å²) in [6, 6.07) is 8.69. The van der Waals surface area contributed by atoms with Gasteiger partial charge in [-0.2, -0.15) is 0 Å². The van der Waals surface area contributed by atoms with Gasteiger partial charge >= 0.3 is 0 Å². The monoisotopic (exact) mass is 354 g/mol. The van der Waals surface area contributed by atoms with Gasteiger partial charge in [-0.05, 0) is 24.3 Å². The van der Waals surface area contributed by atoms with Crippen LogP contribution < -0.4 is 5.32 Å². The zero-order valence-electron chi connectivity index (χ0n) is 10.7. The van der Waals surface area contributed by atoms with Crippen molar-refractivity contribution in [2.45, 2.75) is 6.61 Å². The minimum absolute atomic E-state index is 0.246. The Morgan fingerprint density at radius 2 is 2.25 bits per heavy atom. The standard InChI is InChI=1S/C14H12BrClN2O2/c1-20-8-10-11(15)3-2-4-12(10)18-14(19)9-5-6-17-13(16)7-9/h2-7H,8H2,1H3,(H,18,19). The second-order valence-electron chi connectivity index (χ2n) is 4.02. The van der Waals surface area contributed by atoms with Crippen LogP contribution in [0.2, 0.25) is 5.15 Å². The van der Waals surface area contributed by atoms with Crippen molar-refractivity contribution in [1.29, 1.82) is 0 Å². The fourth-order valence-electron chi connectivity index (χ4n) is 1.70. The number of ether oxygens (including phenoxy) is 1. The van der Waals surface area contributed by atoms with Crippen LogP contribution in [0.4, 0.5) is 5.69 Å². The first-order valence-corrected chi connectivity index (χ1v) is 6.98. The molecule has 0 aliphatic heterocycles. The highest BCUT2D eigenvalue weighted by atomic mass is 79.9. The van der Waals surface area contributed by atoms with E-state index in [4.69, 9.17) is 16.3 Å². The van der Waals surface area contributed by atoms with Gasteiger partial charge in [0.25, 0.3) is 5.91 Å². The van der Waals surface area contributed by atoms with Crippen LogP contribution in [0.1, 0.15) is 15.9 Å². The van der Waals surface area contributed by atoms with E-state index >= 15 is 0 Å². The predicted molar refractivity (Wildman–Crippen MR) is 82.1 cm³/mol. The first-order chi connectivity index (χ1) is 9.61. The van der Waals surface area contributed by atoms with Gasteiger partial charge < -0.3 is 10.1 Å². The number of pyridine rings is 1. The molecule has 0 fully saturated rings. The summed E-state index contributed by atoms with van der Waals surface area (Å²) in [5.74, 6) is -0.246. The van der Waals surface area contributed by atoms with Crippen LogP contribution >= 0.6 is 27.5 Å². The Morgan fingerprint density at radius 1 is 1.45 bits per heavy atom. The van der Waals surface area contributed by atoms with Crippen LogP contribution in [-0.2, 0) is 11.3 Å². The van der Waals surface area contributed by atoms with E-state index in [1.807, 2.05) is 18.2 Å². The van der Waals surface area contributed by atoms with Gasteiger partial charge in [-0.1, -0.05) is 33.6 Å². The molecule has 0 saturated carbocycles. The van der Waals surface area contributed by atoms with E-state index in [1.165, 1.54) is 12.3 Å². The van der Waals surface area contributed by atoms with E-state index in [0.717, 1.165) is 10.0 Å². The molecule has 1 heterocycles. The van der Waals surface area contributed by atoms with Crippen molar-refractivity contribution in [2.24, 2.45) is 0 Å². The largest absolute Gasteiger partial charge is 0.380 e. The van der Waals surface area contributed by atoms with Crippen LogP contribution in [0.15, 0.2) is 41.0 Å². The highest BCUT2D eigenvalue weighted by molar-refractivity contribution is 9.10. The summed E-state index contributed by atoms with van der Waals surface area (Å²) in [6.07, 6.45) is 1.49. The van der Waals surface area contributed by atoms with E-state index < -0.39 is 0 Å². The number of methoxy groups -OCH3 is 1. The van der Waals surface area contributed by atoms with Gasteiger partial charge in [-0.25, -0.2) is 4.98 Å². The minimum Gasteiger partial charge on any atom is -0.380 e. The topological polar surface area (TPSA) is 51.2 Å². The van der Waals surface area contributed by atoms with Crippen molar-refractivity contribution in [1.82, 2.24) is 4.98 Å². The molecule has 2 aromatic rings. The number of benzene rings is 1. The third-order valence-electron chi connectivity index (χ3n) is 2.64. The third-order valence-corrected chi connectivity index (χ3v) is 3.59. The number of nitrogens with zero attached hydrogens (tertiary/aromatic N) is 1. The Labute approximate surface area is 130 Å². The maximum absolute atomic E-state index is 12.2. The van der Waals surface area contributed by atoms with Crippen molar-refractivity contribution >= 4 is 39.1 Å². The molecule has 2 rings (SSSR count). The van der Waals surface area contributed by atoms with Crippen LogP contribution in [0.5, 0.6) is 0 Å². The lowest BCUT2D eigenvalue weighted by atomic mass is 10.1. The summed E-state index contributed by atoms with van der Waals surface area (Å²) in [5.41, 5.74) is 2.02. The van der Waals surface area contributed by atoms with E-state index in [2.05, 4.69) is 26.2 Å². The Bertz CT molecular complexity index is 634. The number of hydrogen-bond acceptors (Lipinski definition) is 3. The van der Waals surface area contributed by atoms with Crippen LogP contribution in [0, 0.1) is 0 Å². The normalized spacial score (nSPS) is 10.3. The molecule has 1 aromatic carbocycles. The molecule has 4 nitrogen and oxygen atoms in total. The van der Waals surface area contributed by atoms with E-state index in [9.17, 15) is 4.79 Å². The molecule has 0 aliphatic carbocycles. The first-order valence-electron chi connectivity index (χ1n) is 5.81.